The summed E-state index contributed by atoms with van der Waals surface area (Å²) < 4.78 is 0. The molecule has 0 atom stereocenters. The fourth-order valence-electron chi connectivity index (χ4n) is 2.48. The van der Waals surface area contributed by atoms with Gasteiger partial charge in [-0.2, -0.15) is 0 Å². The monoisotopic (exact) mass is 267 g/mol. The molecule has 0 aliphatic carbocycles. The van der Waals surface area contributed by atoms with E-state index in [2.05, 4.69) is 35.8 Å². The maximum absolute atomic E-state index is 5.65. The van der Waals surface area contributed by atoms with E-state index < -0.39 is 0 Å². The highest BCUT2D eigenvalue weighted by Gasteiger charge is 2.17. The van der Waals surface area contributed by atoms with Gasteiger partial charge < -0.3 is 10.6 Å². The Kier molecular flexibility index (Phi) is 5.18. The summed E-state index contributed by atoms with van der Waals surface area (Å²) in [5.74, 6) is 0.779. The minimum atomic E-state index is 0.673. The van der Waals surface area contributed by atoms with E-state index in [4.69, 9.17) is 5.73 Å². The van der Waals surface area contributed by atoms with Gasteiger partial charge >= 0.3 is 0 Å². The van der Waals surface area contributed by atoms with Crippen molar-refractivity contribution in [3.05, 3.63) is 21.9 Å². The molecule has 4 heteroatoms. The summed E-state index contributed by atoms with van der Waals surface area (Å²) in [4.78, 5) is 7.89. The molecule has 2 N–H and O–H groups in total. The predicted molar refractivity (Wildman–Crippen MR) is 78.8 cm³/mol. The van der Waals surface area contributed by atoms with Crippen LogP contribution in [-0.2, 0) is 13.1 Å². The van der Waals surface area contributed by atoms with Crippen LogP contribution in [0.25, 0.3) is 0 Å². The standard InChI is InChI=1S/C14H25N3S/c1-12(2)10-16-5-7-17(8-6-16)11-14-4-3-13(9-15)18-14/h3-4,12H,5-11,15H2,1-2H3. The molecule has 1 saturated heterocycles. The molecule has 1 aliphatic heterocycles. The summed E-state index contributed by atoms with van der Waals surface area (Å²) >= 11 is 1.86. The molecular weight excluding hydrogens is 242 g/mol. The SMILES string of the molecule is CC(C)CN1CCN(Cc2ccc(CN)s2)CC1. The van der Waals surface area contributed by atoms with Crippen molar-refractivity contribution < 1.29 is 0 Å². The number of nitrogens with zero attached hydrogens (tertiary/aromatic N) is 2. The van der Waals surface area contributed by atoms with Crippen LogP contribution in [0, 0.1) is 5.92 Å². The van der Waals surface area contributed by atoms with E-state index in [-0.39, 0.29) is 0 Å². The first-order chi connectivity index (χ1) is 8.67. The molecule has 1 fully saturated rings. The van der Waals surface area contributed by atoms with Crippen LogP contribution in [0.4, 0.5) is 0 Å². The second kappa shape index (κ2) is 6.66. The molecule has 0 bridgehead atoms. The number of rotatable bonds is 5. The highest BCUT2D eigenvalue weighted by Crippen LogP contribution is 2.18. The molecule has 18 heavy (non-hydrogen) atoms. The van der Waals surface area contributed by atoms with Gasteiger partial charge in [-0.05, 0) is 18.1 Å². The van der Waals surface area contributed by atoms with Crippen LogP contribution < -0.4 is 5.73 Å². The largest absolute Gasteiger partial charge is 0.326 e. The molecule has 102 valence electrons. The van der Waals surface area contributed by atoms with E-state index in [9.17, 15) is 0 Å². The Hall–Kier alpha value is -0.420. The third-order valence-corrected chi connectivity index (χ3v) is 4.48. The second-order valence-electron chi connectivity index (χ2n) is 5.54. The molecule has 1 aliphatic rings. The Balaban J connectivity index is 1.76. The van der Waals surface area contributed by atoms with E-state index >= 15 is 0 Å². The molecule has 0 unspecified atom stereocenters. The summed E-state index contributed by atoms with van der Waals surface area (Å²) in [6, 6.07) is 4.39. The van der Waals surface area contributed by atoms with Crippen LogP contribution in [0.3, 0.4) is 0 Å². The van der Waals surface area contributed by atoms with Crippen LogP contribution in [-0.4, -0.2) is 42.5 Å². The molecular formula is C14H25N3S. The molecule has 0 spiro atoms. The number of hydrogen-bond acceptors (Lipinski definition) is 4. The molecule has 2 rings (SSSR count). The van der Waals surface area contributed by atoms with E-state index in [1.54, 1.807) is 0 Å². The van der Waals surface area contributed by atoms with Crippen LogP contribution >= 0.6 is 11.3 Å². The van der Waals surface area contributed by atoms with Gasteiger partial charge in [-0.15, -0.1) is 11.3 Å². The van der Waals surface area contributed by atoms with Gasteiger partial charge in [0.15, 0.2) is 0 Å². The van der Waals surface area contributed by atoms with Gasteiger partial charge in [0, 0.05) is 55.6 Å². The van der Waals surface area contributed by atoms with Crippen molar-refractivity contribution in [3.8, 4) is 0 Å². The number of hydrogen-bond donors (Lipinski definition) is 1. The smallest absolute Gasteiger partial charge is 0.0329 e. The fraction of sp³-hybridized carbons (Fsp3) is 0.714. The van der Waals surface area contributed by atoms with E-state index in [0.717, 1.165) is 12.5 Å². The van der Waals surface area contributed by atoms with Gasteiger partial charge in [0.05, 0.1) is 0 Å². The second-order valence-corrected chi connectivity index (χ2v) is 6.80. The van der Waals surface area contributed by atoms with Crippen molar-refractivity contribution in [1.82, 2.24) is 9.80 Å². The molecule has 0 radical (unpaired) electrons. The molecule has 0 saturated carbocycles. The summed E-state index contributed by atoms with van der Waals surface area (Å²) in [6.45, 7) is 12.4. The normalized spacial score (nSPS) is 18.7. The van der Waals surface area contributed by atoms with Gasteiger partial charge in [-0.25, -0.2) is 0 Å². The topological polar surface area (TPSA) is 32.5 Å². The Morgan fingerprint density at radius 1 is 1.11 bits per heavy atom. The Morgan fingerprint density at radius 2 is 1.72 bits per heavy atom. The van der Waals surface area contributed by atoms with Crippen LogP contribution in [0.5, 0.6) is 0 Å². The molecule has 1 aromatic heterocycles. The Labute approximate surface area is 115 Å². The molecule has 0 amide bonds. The average molecular weight is 267 g/mol. The van der Waals surface area contributed by atoms with Crippen molar-refractivity contribution in [2.45, 2.75) is 26.9 Å². The third kappa shape index (κ3) is 4.05. The van der Waals surface area contributed by atoms with Gasteiger partial charge in [0.2, 0.25) is 0 Å². The predicted octanol–water partition coefficient (Wildman–Crippen LogP) is 1.98. The fourth-order valence-corrected chi connectivity index (χ4v) is 3.42. The van der Waals surface area contributed by atoms with Crippen molar-refractivity contribution in [1.29, 1.82) is 0 Å². The van der Waals surface area contributed by atoms with Crippen LogP contribution in [0.2, 0.25) is 0 Å². The van der Waals surface area contributed by atoms with E-state index in [0.29, 0.717) is 6.54 Å². The van der Waals surface area contributed by atoms with Gasteiger partial charge in [-0.3, -0.25) is 4.90 Å². The maximum atomic E-state index is 5.65. The van der Waals surface area contributed by atoms with Crippen LogP contribution in [0.15, 0.2) is 12.1 Å². The van der Waals surface area contributed by atoms with Crippen molar-refractivity contribution >= 4 is 11.3 Å². The highest BCUT2D eigenvalue weighted by atomic mass is 32.1. The number of piperazine rings is 1. The van der Waals surface area contributed by atoms with Gasteiger partial charge in [0.1, 0.15) is 0 Å². The Morgan fingerprint density at radius 3 is 2.28 bits per heavy atom. The van der Waals surface area contributed by atoms with Crippen LogP contribution in [0.1, 0.15) is 23.6 Å². The molecule has 3 nitrogen and oxygen atoms in total. The third-order valence-electron chi connectivity index (χ3n) is 3.39. The minimum absolute atomic E-state index is 0.673. The lowest BCUT2D eigenvalue weighted by atomic mass is 10.2. The lowest BCUT2D eigenvalue weighted by Gasteiger charge is -2.35. The zero-order chi connectivity index (χ0) is 13.0. The van der Waals surface area contributed by atoms with Crippen molar-refractivity contribution in [3.63, 3.8) is 0 Å². The first kappa shape index (κ1) is 14.0. The van der Waals surface area contributed by atoms with Gasteiger partial charge in [-0.1, -0.05) is 13.8 Å². The zero-order valence-corrected chi connectivity index (χ0v) is 12.4. The molecule has 0 aromatic carbocycles. The van der Waals surface area contributed by atoms with Crippen molar-refractivity contribution in [2.75, 3.05) is 32.7 Å². The first-order valence-electron chi connectivity index (χ1n) is 6.89. The van der Waals surface area contributed by atoms with Gasteiger partial charge in [0.25, 0.3) is 0 Å². The van der Waals surface area contributed by atoms with E-state index in [1.165, 1.54) is 42.5 Å². The van der Waals surface area contributed by atoms with E-state index in [1.807, 2.05) is 11.3 Å². The van der Waals surface area contributed by atoms with Crippen molar-refractivity contribution in [2.24, 2.45) is 11.7 Å². The Bertz CT molecular complexity index is 354. The lowest BCUT2D eigenvalue weighted by molar-refractivity contribution is 0.118. The zero-order valence-electron chi connectivity index (χ0n) is 11.6. The summed E-state index contributed by atoms with van der Waals surface area (Å²) in [5, 5.41) is 0. The summed E-state index contributed by atoms with van der Waals surface area (Å²) in [5.41, 5.74) is 5.65. The number of thiophene rings is 1. The maximum Gasteiger partial charge on any atom is 0.0329 e. The first-order valence-corrected chi connectivity index (χ1v) is 7.71. The number of nitrogens with two attached hydrogens (primary N) is 1. The lowest BCUT2D eigenvalue weighted by Crippen LogP contribution is -2.46. The summed E-state index contributed by atoms with van der Waals surface area (Å²) in [6.07, 6.45) is 0. The molecule has 2 heterocycles. The quantitative estimate of drug-likeness (QED) is 0.885. The summed E-state index contributed by atoms with van der Waals surface area (Å²) in [7, 11) is 0. The minimum Gasteiger partial charge on any atom is -0.326 e. The molecule has 1 aromatic rings. The highest BCUT2D eigenvalue weighted by molar-refractivity contribution is 7.11. The average Bonchev–Trinajstić information content (AvgIpc) is 2.79.